The van der Waals surface area contributed by atoms with Gasteiger partial charge in [-0.2, -0.15) is 0 Å². The van der Waals surface area contributed by atoms with Gasteiger partial charge in [0.2, 0.25) is 0 Å². The van der Waals surface area contributed by atoms with Gasteiger partial charge < -0.3 is 14.4 Å². The molecule has 1 heterocycles. The van der Waals surface area contributed by atoms with Gasteiger partial charge in [-0.1, -0.05) is 46.3 Å². The zero-order valence-corrected chi connectivity index (χ0v) is 19.8. The van der Waals surface area contributed by atoms with E-state index in [1.165, 1.54) is 5.56 Å². The summed E-state index contributed by atoms with van der Waals surface area (Å²) in [5, 5.41) is 0. The molecule has 0 radical (unpaired) electrons. The highest BCUT2D eigenvalue weighted by Crippen LogP contribution is 2.20. The van der Waals surface area contributed by atoms with Crippen molar-refractivity contribution in [3.05, 3.63) is 94.0 Å². The average molecular weight is 495 g/mol. The largest absolute Gasteiger partial charge is 0.497 e. The van der Waals surface area contributed by atoms with Crippen LogP contribution in [0.15, 0.2) is 77.3 Å². The molecule has 1 saturated heterocycles. The van der Waals surface area contributed by atoms with Crippen LogP contribution in [0.3, 0.4) is 0 Å². The number of hydrogen-bond acceptors (Lipinski definition) is 4. The molecule has 0 atom stereocenters. The first-order chi connectivity index (χ1) is 15.6. The number of ether oxygens (including phenoxy) is 2. The highest BCUT2D eigenvalue weighted by Gasteiger charge is 2.22. The van der Waals surface area contributed by atoms with E-state index in [9.17, 15) is 4.79 Å². The Bertz CT molecular complexity index is 1060. The van der Waals surface area contributed by atoms with Gasteiger partial charge in [-0.3, -0.25) is 9.69 Å². The average Bonchev–Trinajstić information content (AvgIpc) is 2.83. The molecule has 1 aliphatic rings. The van der Waals surface area contributed by atoms with E-state index in [0.29, 0.717) is 12.2 Å². The number of rotatable bonds is 7. The van der Waals surface area contributed by atoms with Crippen LogP contribution in [0.25, 0.3) is 0 Å². The monoisotopic (exact) mass is 494 g/mol. The molecule has 0 aromatic heterocycles. The third-order valence-corrected chi connectivity index (χ3v) is 6.07. The lowest BCUT2D eigenvalue weighted by atomic mass is 10.1. The molecule has 0 unspecified atom stereocenters. The predicted octanol–water partition coefficient (Wildman–Crippen LogP) is 4.99. The first-order valence-electron chi connectivity index (χ1n) is 10.7. The summed E-state index contributed by atoms with van der Waals surface area (Å²) < 4.78 is 12.2. The lowest BCUT2D eigenvalue weighted by Crippen LogP contribution is -2.48. The maximum absolute atomic E-state index is 13.1. The van der Waals surface area contributed by atoms with Crippen molar-refractivity contribution in [1.82, 2.24) is 9.80 Å². The Labute approximate surface area is 197 Å². The predicted molar refractivity (Wildman–Crippen MR) is 129 cm³/mol. The maximum Gasteiger partial charge on any atom is 0.253 e. The molecule has 32 heavy (non-hydrogen) atoms. The number of amides is 1. The van der Waals surface area contributed by atoms with Gasteiger partial charge in [0.05, 0.1) is 7.11 Å². The molecule has 0 saturated carbocycles. The van der Waals surface area contributed by atoms with E-state index < -0.39 is 0 Å². The summed E-state index contributed by atoms with van der Waals surface area (Å²) in [6.07, 6.45) is 0. The quantitative estimate of drug-likeness (QED) is 0.463. The first kappa shape index (κ1) is 22.4. The molecular formula is C26H27BrN2O3. The second-order valence-corrected chi connectivity index (χ2v) is 8.78. The molecule has 0 spiro atoms. The molecule has 5 nitrogen and oxygen atoms in total. The molecule has 0 N–H and O–H groups in total. The van der Waals surface area contributed by atoms with Crippen LogP contribution >= 0.6 is 15.9 Å². The van der Waals surface area contributed by atoms with Crippen molar-refractivity contribution in [2.24, 2.45) is 0 Å². The van der Waals surface area contributed by atoms with Crippen molar-refractivity contribution in [3.63, 3.8) is 0 Å². The first-order valence-corrected chi connectivity index (χ1v) is 11.5. The number of piperazine rings is 1. The molecule has 166 valence electrons. The van der Waals surface area contributed by atoms with Gasteiger partial charge in [0.1, 0.15) is 18.1 Å². The summed E-state index contributed by atoms with van der Waals surface area (Å²) in [6.45, 7) is 4.44. The van der Waals surface area contributed by atoms with Gasteiger partial charge in [-0.25, -0.2) is 0 Å². The van der Waals surface area contributed by atoms with Crippen molar-refractivity contribution in [2.45, 2.75) is 13.2 Å². The van der Waals surface area contributed by atoms with Crippen molar-refractivity contribution < 1.29 is 14.3 Å². The Balaban J connectivity index is 1.31. The topological polar surface area (TPSA) is 42.0 Å². The Kier molecular flexibility index (Phi) is 7.45. The van der Waals surface area contributed by atoms with Crippen LogP contribution in [-0.4, -0.2) is 49.0 Å². The highest BCUT2D eigenvalue weighted by molar-refractivity contribution is 9.10. The van der Waals surface area contributed by atoms with E-state index in [1.807, 2.05) is 65.6 Å². The van der Waals surface area contributed by atoms with Crippen molar-refractivity contribution >= 4 is 21.8 Å². The van der Waals surface area contributed by atoms with E-state index in [-0.39, 0.29) is 5.91 Å². The Hall–Kier alpha value is -2.83. The molecule has 3 aromatic rings. The number of carbonyl (C=O) groups is 1. The molecule has 1 aliphatic heterocycles. The minimum atomic E-state index is 0.0790. The summed E-state index contributed by atoms with van der Waals surface area (Å²) in [4.78, 5) is 17.4. The number of halogens is 1. The Morgan fingerprint density at radius 3 is 2.38 bits per heavy atom. The van der Waals surface area contributed by atoms with Crippen LogP contribution in [0, 0.1) is 0 Å². The summed E-state index contributed by atoms with van der Waals surface area (Å²) in [5.74, 6) is 1.75. The zero-order valence-electron chi connectivity index (χ0n) is 18.2. The van der Waals surface area contributed by atoms with Crippen molar-refractivity contribution in [3.8, 4) is 11.5 Å². The smallest absolute Gasteiger partial charge is 0.253 e. The van der Waals surface area contributed by atoms with Crippen LogP contribution in [0.1, 0.15) is 21.5 Å². The highest BCUT2D eigenvalue weighted by atomic mass is 79.9. The number of hydrogen-bond donors (Lipinski definition) is 0. The second kappa shape index (κ2) is 10.7. The fourth-order valence-electron chi connectivity index (χ4n) is 3.84. The van der Waals surface area contributed by atoms with Gasteiger partial charge in [0.15, 0.2) is 0 Å². The molecule has 6 heteroatoms. The van der Waals surface area contributed by atoms with E-state index in [1.54, 1.807) is 7.11 Å². The van der Waals surface area contributed by atoms with E-state index in [4.69, 9.17) is 9.47 Å². The molecule has 4 rings (SSSR count). The van der Waals surface area contributed by atoms with Gasteiger partial charge in [-0.05, 0) is 53.6 Å². The third-order valence-electron chi connectivity index (χ3n) is 5.58. The number of benzene rings is 3. The second-order valence-electron chi connectivity index (χ2n) is 7.87. The lowest BCUT2D eigenvalue weighted by Gasteiger charge is -2.35. The van der Waals surface area contributed by atoms with Crippen molar-refractivity contribution in [2.75, 3.05) is 33.3 Å². The Morgan fingerprint density at radius 1 is 0.875 bits per heavy atom. The summed E-state index contributed by atoms with van der Waals surface area (Å²) in [6, 6.07) is 23.6. The summed E-state index contributed by atoms with van der Waals surface area (Å²) in [5.41, 5.74) is 2.91. The summed E-state index contributed by atoms with van der Waals surface area (Å²) >= 11 is 3.45. The minimum absolute atomic E-state index is 0.0790. The minimum Gasteiger partial charge on any atom is -0.497 e. The zero-order chi connectivity index (χ0) is 22.3. The normalized spacial score (nSPS) is 14.2. The van der Waals surface area contributed by atoms with Gasteiger partial charge in [0.25, 0.3) is 5.91 Å². The molecular weight excluding hydrogens is 468 g/mol. The van der Waals surface area contributed by atoms with Crippen LogP contribution in [0.2, 0.25) is 0 Å². The van der Waals surface area contributed by atoms with Gasteiger partial charge in [-0.15, -0.1) is 0 Å². The van der Waals surface area contributed by atoms with E-state index >= 15 is 0 Å². The Morgan fingerprint density at radius 2 is 1.59 bits per heavy atom. The number of nitrogens with zero attached hydrogens (tertiary/aromatic N) is 2. The van der Waals surface area contributed by atoms with Gasteiger partial charge in [0, 0.05) is 42.8 Å². The lowest BCUT2D eigenvalue weighted by molar-refractivity contribution is 0.0628. The summed E-state index contributed by atoms with van der Waals surface area (Å²) in [7, 11) is 1.69. The molecule has 1 amide bonds. The molecule has 1 fully saturated rings. The number of methoxy groups -OCH3 is 1. The molecule has 0 bridgehead atoms. The molecule has 0 aliphatic carbocycles. The van der Waals surface area contributed by atoms with Crippen LogP contribution in [0.4, 0.5) is 0 Å². The number of carbonyl (C=O) groups excluding carboxylic acids is 1. The maximum atomic E-state index is 13.1. The SMILES string of the molecule is COc1cccc(CN2CCN(C(=O)c3cccc(COc4cccc(Br)c4)c3)CC2)c1. The van der Waals surface area contributed by atoms with Crippen LogP contribution < -0.4 is 9.47 Å². The standard InChI is InChI=1S/C26H27BrN2O3/c1-31-24-9-3-5-20(16-24)18-28-11-13-29(14-12-28)26(30)22-7-2-6-21(15-22)19-32-25-10-4-8-23(27)17-25/h2-10,15-17H,11-14,18-19H2,1H3. The third kappa shape index (κ3) is 5.90. The fraction of sp³-hybridized carbons (Fsp3) is 0.269. The van der Waals surface area contributed by atoms with E-state index in [2.05, 4.69) is 33.0 Å². The van der Waals surface area contributed by atoms with E-state index in [0.717, 1.165) is 54.3 Å². The van der Waals surface area contributed by atoms with Crippen molar-refractivity contribution in [1.29, 1.82) is 0 Å². The fourth-order valence-corrected chi connectivity index (χ4v) is 4.22. The molecule has 3 aromatic carbocycles. The van der Waals surface area contributed by atoms with Gasteiger partial charge >= 0.3 is 0 Å². The van der Waals surface area contributed by atoms with Crippen LogP contribution in [-0.2, 0) is 13.2 Å². The van der Waals surface area contributed by atoms with Crippen LogP contribution in [0.5, 0.6) is 11.5 Å².